The highest BCUT2D eigenvalue weighted by Gasteiger charge is 2.42. The summed E-state index contributed by atoms with van der Waals surface area (Å²) in [7, 11) is 0. The molecule has 1 atom stereocenters. The Morgan fingerprint density at radius 1 is 1.06 bits per heavy atom. The van der Waals surface area contributed by atoms with Crippen LogP contribution in [0.5, 0.6) is 5.75 Å². The summed E-state index contributed by atoms with van der Waals surface area (Å²) in [4.78, 5) is 14.9. The minimum Gasteiger partial charge on any atom is -0.507 e. The van der Waals surface area contributed by atoms with Crippen molar-refractivity contribution >= 4 is 17.5 Å². The minimum atomic E-state index is -0.475. The molecule has 6 nitrogen and oxygen atoms in total. The van der Waals surface area contributed by atoms with Crippen molar-refractivity contribution < 1.29 is 15.0 Å². The summed E-state index contributed by atoms with van der Waals surface area (Å²) in [6.07, 6.45) is 0. The van der Waals surface area contributed by atoms with Gasteiger partial charge in [0.1, 0.15) is 17.1 Å². The standard InChI is InChI=1S/C26H22ClN3O3/c1-15-12-21(32)19(14-20(15)27)23-22-24(29-28-23)26(33)30(10-11-31)25(22)18-9-5-8-17(13-18)16-6-3-2-4-7-16/h2-9,12-14,25,31-32H,10-11H2,1H3,(H,28,29). The van der Waals surface area contributed by atoms with Crippen molar-refractivity contribution in [3.05, 3.63) is 94.1 Å². The lowest BCUT2D eigenvalue weighted by Gasteiger charge is -2.26. The maximum atomic E-state index is 13.2. The number of nitrogens with zero attached hydrogens (tertiary/aromatic N) is 2. The number of rotatable bonds is 5. The molecule has 1 aliphatic heterocycles. The number of benzene rings is 3. The zero-order valence-electron chi connectivity index (χ0n) is 17.9. The van der Waals surface area contributed by atoms with E-state index in [2.05, 4.69) is 10.2 Å². The largest absolute Gasteiger partial charge is 0.507 e. The predicted molar refractivity (Wildman–Crippen MR) is 127 cm³/mol. The van der Waals surface area contributed by atoms with Gasteiger partial charge in [0.05, 0.1) is 12.6 Å². The second-order valence-corrected chi connectivity index (χ2v) is 8.50. The summed E-state index contributed by atoms with van der Waals surface area (Å²) in [6.45, 7) is 1.81. The van der Waals surface area contributed by atoms with Gasteiger partial charge in [0.15, 0.2) is 0 Å². The number of carbonyl (C=O) groups is 1. The first kappa shape index (κ1) is 21.2. The van der Waals surface area contributed by atoms with Crippen molar-refractivity contribution in [2.24, 2.45) is 0 Å². The maximum Gasteiger partial charge on any atom is 0.273 e. The number of phenols is 1. The highest BCUT2D eigenvalue weighted by atomic mass is 35.5. The van der Waals surface area contributed by atoms with Gasteiger partial charge in [-0.2, -0.15) is 5.10 Å². The van der Waals surface area contributed by atoms with Crippen LogP contribution in [0.3, 0.4) is 0 Å². The second kappa shape index (κ2) is 8.39. The van der Waals surface area contributed by atoms with Crippen LogP contribution in [0.15, 0.2) is 66.7 Å². The van der Waals surface area contributed by atoms with Gasteiger partial charge >= 0.3 is 0 Å². The fraction of sp³-hybridized carbons (Fsp3) is 0.154. The Bertz CT molecular complexity index is 1350. The Hall–Kier alpha value is -3.61. The van der Waals surface area contributed by atoms with Crippen molar-refractivity contribution in [3.8, 4) is 28.1 Å². The average molecular weight is 460 g/mol. The molecular weight excluding hydrogens is 438 g/mol. The van der Waals surface area contributed by atoms with Gasteiger partial charge in [-0.05, 0) is 47.4 Å². The van der Waals surface area contributed by atoms with Crippen LogP contribution in [0.1, 0.15) is 33.2 Å². The molecule has 3 N–H and O–H groups in total. The number of aliphatic hydroxyl groups excluding tert-OH is 1. The minimum absolute atomic E-state index is 0.0380. The number of halogens is 1. The lowest BCUT2D eigenvalue weighted by atomic mass is 9.93. The molecule has 3 aromatic carbocycles. The Morgan fingerprint density at radius 3 is 2.58 bits per heavy atom. The van der Waals surface area contributed by atoms with Crippen LogP contribution in [0.2, 0.25) is 5.02 Å². The molecule has 7 heteroatoms. The molecular formula is C26H22ClN3O3. The molecule has 1 unspecified atom stereocenters. The normalized spacial score (nSPS) is 15.2. The van der Waals surface area contributed by atoms with Crippen molar-refractivity contribution in [2.75, 3.05) is 13.2 Å². The zero-order valence-corrected chi connectivity index (χ0v) is 18.7. The maximum absolute atomic E-state index is 13.2. The fourth-order valence-electron chi connectivity index (χ4n) is 4.46. The third-order valence-electron chi connectivity index (χ3n) is 6.05. The van der Waals surface area contributed by atoms with E-state index in [-0.39, 0.29) is 24.8 Å². The van der Waals surface area contributed by atoms with Crippen LogP contribution in [0.25, 0.3) is 22.4 Å². The third-order valence-corrected chi connectivity index (χ3v) is 6.45. The molecule has 0 bridgehead atoms. The number of aromatic amines is 1. The number of carbonyl (C=O) groups excluding carboxylic acids is 1. The van der Waals surface area contributed by atoms with Gasteiger partial charge in [-0.15, -0.1) is 0 Å². The highest BCUT2D eigenvalue weighted by molar-refractivity contribution is 6.31. The van der Waals surface area contributed by atoms with Gasteiger partial charge < -0.3 is 15.1 Å². The number of hydrogen-bond acceptors (Lipinski definition) is 4. The summed E-state index contributed by atoms with van der Waals surface area (Å²) in [5, 5.41) is 28.1. The predicted octanol–water partition coefficient (Wildman–Crippen LogP) is 4.95. The van der Waals surface area contributed by atoms with Crippen molar-refractivity contribution in [1.82, 2.24) is 15.1 Å². The zero-order chi connectivity index (χ0) is 23.1. The average Bonchev–Trinajstić information content (AvgIpc) is 3.36. The van der Waals surface area contributed by atoms with E-state index in [4.69, 9.17) is 11.6 Å². The van der Waals surface area contributed by atoms with E-state index < -0.39 is 6.04 Å². The molecule has 1 aliphatic rings. The molecule has 0 radical (unpaired) electrons. The number of aryl methyl sites for hydroxylation is 1. The first-order valence-corrected chi connectivity index (χ1v) is 11.0. The number of amides is 1. The molecule has 166 valence electrons. The molecule has 4 aromatic rings. The number of H-pyrrole nitrogens is 1. The van der Waals surface area contributed by atoms with Crippen molar-refractivity contribution in [3.63, 3.8) is 0 Å². The Balaban J connectivity index is 1.69. The summed E-state index contributed by atoms with van der Waals surface area (Å²) in [5.41, 5.74) is 5.64. The topological polar surface area (TPSA) is 89.5 Å². The van der Waals surface area contributed by atoms with E-state index in [0.717, 1.165) is 22.3 Å². The van der Waals surface area contributed by atoms with Gasteiger partial charge in [-0.25, -0.2) is 0 Å². The molecule has 1 aromatic heterocycles. The quantitative estimate of drug-likeness (QED) is 0.394. The molecule has 0 saturated heterocycles. The summed E-state index contributed by atoms with van der Waals surface area (Å²) in [5.74, 6) is -0.207. The molecule has 0 saturated carbocycles. The monoisotopic (exact) mass is 459 g/mol. The van der Waals surface area contributed by atoms with Crippen LogP contribution in [-0.4, -0.2) is 44.4 Å². The van der Waals surface area contributed by atoms with Crippen LogP contribution in [-0.2, 0) is 0 Å². The summed E-state index contributed by atoms with van der Waals surface area (Å²) in [6, 6.07) is 20.8. The van der Waals surface area contributed by atoms with E-state index >= 15 is 0 Å². The van der Waals surface area contributed by atoms with Crippen LogP contribution in [0.4, 0.5) is 0 Å². The number of aromatic hydroxyl groups is 1. The molecule has 1 amide bonds. The summed E-state index contributed by atoms with van der Waals surface area (Å²) < 4.78 is 0. The smallest absolute Gasteiger partial charge is 0.273 e. The van der Waals surface area contributed by atoms with Crippen LogP contribution >= 0.6 is 11.6 Å². The van der Waals surface area contributed by atoms with Gasteiger partial charge in [-0.1, -0.05) is 60.1 Å². The molecule has 0 fully saturated rings. The van der Waals surface area contributed by atoms with E-state index in [0.29, 0.717) is 27.5 Å². The van der Waals surface area contributed by atoms with E-state index in [9.17, 15) is 15.0 Å². The fourth-order valence-corrected chi connectivity index (χ4v) is 4.63. The first-order chi connectivity index (χ1) is 16.0. The third kappa shape index (κ3) is 3.57. The van der Waals surface area contributed by atoms with Gasteiger partial charge in [-0.3, -0.25) is 9.89 Å². The number of hydrogen-bond donors (Lipinski definition) is 3. The molecule has 33 heavy (non-hydrogen) atoms. The number of fused-ring (bicyclic) bond motifs is 1. The van der Waals surface area contributed by atoms with Gasteiger partial charge in [0.2, 0.25) is 0 Å². The lowest BCUT2D eigenvalue weighted by Crippen LogP contribution is -2.32. The Kier molecular flexibility index (Phi) is 5.40. The van der Waals surface area contributed by atoms with E-state index in [1.165, 1.54) is 0 Å². The van der Waals surface area contributed by atoms with Crippen LogP contribution in [0, 0.1) is 6.92 Å². The van der Waals surface area contributed by atoms with Crippen molar-refractivity contribution in [1.29, 1.82) is 0 Å². The van der Waals surface area contributed by atoms with Crippen LogP contribution < -0.4 is 0 Å². The Morgan fingerprint density at radius 2 is 1.82 bits per heavy atom. The number of phenolic OH excluding ortho intramolecular Hbond substituents is 1. The molecule has 5 rings (SSSR count). The lowest BCUT2D eigenvalue weighted by molar-refractivity contribution is 0.0706. The highest BCUT2D eigenvalue weighted by Crippen LogP contribution is 2.45. The number of β-amino-alcohol motifs (C(OH)–C–C–N with tert-alkyl or cyclic N) is 1. The van der Waals surface area contributed by atoms with E-state index in [1.54, 1.807) is 17.0 Å². The Labute approximate surface area is 196 Å². The SMILES string of the molecule is Cc1cc(O)c(-c2n[nH]c3c2C(c2cccc(-c4ccccc4)c2)N(CCO)C3=O)cc1Cl. The molecule has 0 aliphatic carbocycles. The number of aromatic nitrogens is 2. The summed E-state index contributed by atoms with van der Waals surface area (Å²) >= 11 is 6.34. The molecule has 0 spiro atoms. The van der Waals surface area contributed by atoms with E-state index in [1.807, 2.05) is 61.5 Å². The second-order valence-electron chi connectivity index (χ2n) is 8.10. The van der Waals surface area contributed by atoms with Crippen molar-refractivity contribution in [2.45, 2.75) is 13.0 Å². The number of aliphatic hydroxyl groups is 1. The van der Waals surface area contributed by atoms with Gasteiger partial charge in [0, 0.05) is 22.7 Å². The number of nitrogens with one attached hydrogen (secondary N) is 1. The first-order valence-electron chi connectivity index (χ1n) is 10.6. The van der Waals surface area contributed by atoms with Gasteiger partial charge in [0.25, 0.3) is 5.91 Å². The molecule has 2 heterocycles.